The molecule has 1 aromatic carbocycles. The van der Waals surface area contributed by atoms with Crippen molar-refractivity contribution in [2.24, 2.45) is 0 Å². The summed E-state index contributed by atoms with van der Waals surface area (Å²) in [5, 5.41) is 8.83. The normalized spacial score (nSPS) is 13.4. The van der Waals surface area contributed by atoms with Gasteiger partial charge in [0.15, 0.2) is 0 Å². The molecule has 0 saturated heterocycles. The van der Waals surface area contributed by atoms with E-state index >= 15 is 0 Å². The van der Waals surface area contributed by atoms with Crippen molar-refractivity contribution in [1.29, 1.82) is 0 Å². The van der Waals surface area contributed by atoms with Gasteiger partial charge in [0.2, 0.25) is 0 Å². The molecule has 1 aromatic rings. The van der Waals surface area contributed by atoms with Gasteiger partial charge in [-0.25, -0.2) is 13.2 Å². The first kappa shape index (κ1) is 10.3. The van der Waals surface area contributed by atoms with Gasteiger partial charge in [0, 0.05) is 10.6 Å². The number of hydrogen-bond donors (Lipinski definition) is 1. The van der Waals surface area contributed by atoms with Gasteiger partial charge < -0.3 is 5.11 Å². The lowest BCUT2D eigenvalue weighted by atomic mass is 10.1. The summed E-state index contributed by atoms with van der Waals surface area (Å²) < 4.78 is 36.5. The molecule has 0 spiro atoms. The molecule has 13 heavy (non-hydrogen) atoms. The summed E-state index contributed by atoms with van der Waals surface area (Å²) in [5.74, 6) is -0.709. The lowest BCUT2D eigenvalue weighted by Crippen LogP contribution is -2.08. The van der Waals surface area contributed by atoms with E-state index in [4.69, 9.17) is 16.7 Å². The summed E-state index contributed by atoms with van der Waals surface area (Å²) in [6.07, 6.45) is -5.01. The minimum absolute atomic E-state index is 0.0748. The predicted octanol–water partition coefficient (Wildman–Crippen LogP) is 2.78. The van der Waals surface area contributed by atoms with E-state index in [1.165, 1.54) is 0 Å². The van der Waals surface area contributed by atoms with Crippen molar-refractivity contribution in [1.82, 2.24) is 0 Å². The highest BCUT2D eigenvalue weighted by Crippen LogP contribution is 2.27. The second-order valence-electron chi connectivity index (χ2n) is 2.45. The van der Waals surface area contributed by atoms with Gasteiger partial charge >= 0.3 is 0 Å². The van der Waals surface area contributed by atoms with Crippen LogP contribution in [-0.4, -0.2) is 11.5 Å². The van der Waals surface area contributed by atoms with Gasteiger partial charge in [-0.05, 0) is 18.2 Å². The van der Waals surface area contributed by atoms with Crippen molar-refractivity contribution in [2.75, 3.05) is 0 Å². The monoisotopic (exact) mass is 210 g/mol. The molecular weight excluding hydrogens is 205 g/mol. The topological polar surface area (TPSA) is 20.2 Å². The summed E-state index contributed by atoms with van der Waals surface area (Å²) in [4.78, 5) is 0. The van der Waals surface area contributed by atoms with E-state index in [9.17, 15) is 13.2 Å². The van der Waals surface area contributed by atoms with Crippen molar-refractivity contribution in [3.8, 4) is 0 Å². The summed E-state index contributed by atoms with van der Waals surface area (Å²) in [5.41, 5.74) is -0.295. The third-order valence-electron chi connectivity index (χ3n) is 1.52. The second kappa shape index (κ2) is 3.98. The maximum Gasteiger partial charge on any atom is 0.268 e. The Morgan fingerprint density at radius 2 is 1.92 bits per heavy atom. The van der Waals surface area contributed by atoms with E-state index < -0.39 is 18.3 Å². The Kier molecular flexibility index (Phi) is 3.17. The molecule has 5 heteroatoms. The molecule has 0 amide bonds. The van der Waals surface area contributed by atoms with Crippen LogP contribution in [0.3, 0.4) is 0 Å². The van der Waals surface area contributed by atoms with Crippen molar-refractivity contribution in [2.45, 2.75) is 12.5 Å². The number of aliphatic hydroxyl groups is 1. The summed E-state index contributed by atoms with van der Waals surface area (Å²) in [6.45, 7) is 0. The van der Waals surface area contributed by atoms with Gasteiger partial charge in [0.1, 0.15) is 11.9 Å². The molecule has 0 aliphatic carbocycles. The van der Waals surface area contributed by atoms with Crippen LogP contribution in [0.5, 0.6) is 0 Å². The molecule has 1 atom stereocenters. The Hall–Kier alpha value is -0.740. The maximum absolute atomic E-state index is 12.6. The third-order valence-corrected chi connectivity index (χ3v) is 1.86. The minimum atomic E-state index is -2.97. The smallest absolute Gasteiger partial charge is 0.268 e. The average Bonchev–Trinajstić information content (AvgIpc) is 2.08. The van der Waals surface area contributed by atoms with Crippen LogP contribution >= 0.6 is 11.6 Å². The first-order valence-corrected chi connectivity index (χ1v) is 3.81. The molecule has 0 heterocycles. The Labute approximate surface area is 77.8 Å². The molecule has 0 aliphatic rings. The zero-order valence-corrected chi connectivity index (χ0v) is 7.10. The number of rotatable bonds is 2. The van der Waals surface area contributed by atoms with Gasteiger partial charge in [-0.1, -0.05) is 11.6 Å². The summed E-state index contributed by atoms with van der Waals surface area (Å²) >= 11 is 5.48. The minimum Gasteiger partial charge on any atom is -0.382 e. The third kappa shape index (κ3) is 2.35. The number of hydrogen-bond acceptors (Lipinski definition) is 1. The molecule has 0 aliphatic heterocycles. The van der Waals surface area contributed by atoms with E-state index in [0.717, 1.165) is 18.2 Å². The van der Waals surface area contributed by atoms with Gasteiger partial charge in [-0.15, -0.1) is 0 Å². The van der Waals surface area contributed by atoms with Gasteiger partial charge in [0.25, 0.3) is 6.43 Å². The van der Waals surface area contributed by atoms with Crippen LogP contribution in [0.15, 0.2) is 18.2 Å². The molecule has 0 bridgehead atoms. The Bertz CT molecular complexity index is 303. The lowest BCUT2D eigenvalue weighted by Gasteiger charge is -2.11. The lowest BCUT2D eigenvalue weighted by molar-refractivity contribution is -0.00586. The maximum atomic E-state index is 12.6. The van der Waals surface area contributed by atoms with Crippen molar-refractivity contribution in [3.05, 3.63) is 34.6 Å². The van der Waals surface area contributed by atoms with Gasteiger partial charge in [0.05, 0.1) is 0 Å². The molecule has 72 valence electrons. The van der Waals surface area contributed by atoms with E-state index in [-0.39, 0.29) is 10.6 Å². The van der Waals surface area contributed by atoms with Crippen molar-refractivity contribution >= 4 is 11.6 Å². The average molecular weight is 211 g/mol. The fourth-order valence-corrected chi connectivity index (χ4v) is 1.11. The standard InChI is InChI=1S/C8H6ClF3O/c9-6-2-1-4(10)3-5(6)7(13)8(11)12/h1-3,7-8,13H. The van der Waals surface area contributed by atoms with Crippen LogP contribution < -0.4 is 0 Å². The second-order valence-corrected chi connectivity index (χ2v) is 2.85. The number of alkyl halides is 2. The Balaban J connectivity index is 3.05. The highest BCUT2D eigenvalue weighted by Gasteiger charge is 2.21. The zero-order chi connectivity index (χ0) is 10.0. The van der Waals surface area contributed by atoms with Crippen molar-refractivity contribution in [3.63, 3.8) is 0 Å². The molecule has 0 aromatic heterocycles. The zero-order valence-electron chi connectivity index (χ0n) is 6.35. The van der Waals surface area contributed by atoms with Crippen LogP contribution in [0.2, 0.25) is 5.02 Å². The molecule has 0 fully saturated rings. The van der Waals surface area contributed by atoms with E-state index in [1.54, 1.807) is 0 Å². The van der Waals surface area contributed by atoms with E-state index in [2.05, 4.69) is 0 Å². The quantitative estimate of drug-likeness (QED) is 0.796. The molecule has 1 nitrogen and oxygen atoms in total. The first-order valence-electron chi connectivity index (χ1n) is 3.43. The molecule has 0 saturated carbocycles. The highest BCUT2D eigenvalue weighted by atomic mass is 35.5. The number of halogens is 4. The van der Waals surface area contributed by atoms with E-state index in [1.807, 2.05) is 0 Å². The van der Waals surface area contributed by atoms with E-state index in [0.29, 0.717) is 0 Å². The molecular formula is C8H6ClF3O. The number of aliphatic hydroxyl groups excluding tert-OH is 1. The van der Waals surface area contributed by atoms with Crippen LogP contribution in [0.4, 0.5) is 13.2 Å². The molecule has 1 rings (SSSR count). The molecule has 0 radical (unpaired) electrons. The van der Waals surface area contributed by atoms with Gasteiger partial charge in [-0.2, -0.15) is 0 Å². The first-order chi connectivity index (χ1) is 6.02. The summed E-state index contributed by atoms with van der Waals surface area (Å²) in [7, 11) is 0. The summed E-state index contributed by atoms with van der Waals surface area (Å²) in [6, 6.07) is 2.95. The highest BCUT2D eigenvalue weighted by molar-refractivity contribution is 6.31. The van der Waals surface area contributed by atoms with Crippen LogP contribution in [-0.2, 0) is 0 Å². The van der Waals surface area contributed by atoms with Crippen LogP contribution in [0, 0.1) is 5.82 Å². The van der Waals surface area contributed by atoms with Crippen LogP contribution in [0.1, 0.15) is 11.7 Å². The molecule has 1 N–H and O–H groups in total. The Morgan fingerprint density at radius 3 is 2.46 bits per heavy atom. The van der Waals surface area contributed by atoms with Crippen molar-refractivity contribution < 1.29 is 18.3 Å². The van der Waals surface area contributed by atoms with Crippen LogP contribution in [0.25, 0.3) is 0 Å². The van der Waals surface area contributed by atoms with Gasteiger partial charge in [-0.3, -0.25) is 0 Å². The fourth-order valence-electron chi connectivity index (χ4n) is 0.877. The Morgan fingerprint density at radius 1 is 1.31 bits per heavy atom. The fraction of sp³-hybridized carbons (Fsp3) is 0.250. The SMILES string of the molecule is OC(c1cc(F)ccc1Cl)C(F)F. The molecule has 1 unspecified atom stereocenters. The largest absolute Gasteiger partial charge is 0.382 e. The number of benzene rings is 1. The predicted molar refractivity (Wildman–Crippen MR) is 42.4 cm³/mol.